The highest BCUT2D eigenvalue weighted by molar-refractivity contribution is 6.00. The molecule has 1 saturated carbocycles. The molecule has 1 fully saturated rings. The minimum Gasteiger partial charge on any atom is -0.352 e. The van der Waals surface area contributed by atoms with Gasteiger partial charge in [0.15, 0.2) is 0 Å². The van der Waals surface area contributed by atoms with E-state index in [1.807, 2.05) is 36.4 Å². The first-order chi connectivity index (χ1) is 16.2. The van der Waals surface area contributed by atoms with Crippen LogP contribution in [0.1, 0.15) is 48.0 Å². The van der Waals surface area contributed by atoms with Crippen molar-refractivity contribution < 1.29 is 9.59 Å². The Morgan fingerprint density at radius 1 is 1.03 bits per heavy atom. The van der Waals surface area contributed by atoms with Gasteiger partial charge in [0.25, 0.3) is 5.91 Å². The van der Waals surface area contributed by atoms with Gasteiger partial charge < -0.3 is 16.0 Å². The molecule has 0 bridgehead atoms. The maximum Gasteiger partial charge on any atom is 0.251 e. The second-order valence-electron chi connectivity index (χ2n) is 8.75. The third-order valence-corrected chi connectivity index (χ3v) is 6.35. The van der Waals surface area contributed by atoms with Gasteiger partial charge in [-0.15, -0.1) is 0 Å². The lowest BCUT2D eigenvalue weighted by molar-refractivity contribution is -0.115. The summed E-state index contributed by atoms with van der Waals surface area (Å²) in [6.45, 7) is 0.751. The molecular formula is C26H27N5O2. The lowest BCUT2D eigenvalue weighted by Gasteiger charge is -2.21. The second-order valence-corrected chi connectivity index (χ2v) is 8.75. The van der Waals surface area contributed by atoms with Gasteiger partial charge in [-0.3, -0.25) is 9.59 Å². The van der Waals surface area contributed by atoms with E-state index in [1.165, 1.54) is 32.1 Å². The summed E-state index contributed by atoms with van der Waals surface area (Å²) < 4.78 is 0. The van der Waals surface area contributed by atoms with Gasteiger partial charge in [-0.2, -0.15) is 0 Å². The van der Waals surface area contributed by atoms with Crippen LogP contribution in [0.15, 0.2) is 54.7 Å². The Kier molecular flexibility index (Phi) is 6.02. The van der Waals surface area contributed by atoms with Crippen molar-refractivity contribution in [2.24, 2.45) is 5.92 Å². The maximum atomic E-state index is 12.5. The highest BCUT2D eigenvalue weighted by Crippen LogP contribution is 2.32. The van der Waals surface area contributed by atoms with E-state index in [2.05, 4.69) is 25.9 Å². The molecule has 1 aliphatic heterocycles. The highest BCUT2D eigenvalue weighted by Gasteiger charge is 2.21. The zero-order valence-electron chi connectivity index (χ0n) is 18.4. The van der Waals surface area contributed by atoms with Crippen LogP contribution in [0.3, 0.4) is 0 Å². The smallest absolute Gasteiger partial charge is 0.251 e. The Labute approximate surface area is 193 Å². The number of nitrogens with zero attached hydrogens (tertiary/aromatic N) is 2. The van der Waals surface area contributed by atoms with Crippen molar-refractivity contribution in [2.75, 3.05) is 17.2 Å². The molecule has 7 heteroatoms. The van der Waals surface area contributed by atoms with Crippen molar-refractivity contribution in [3.05, 3.63) is 65.9 Å². The summed E-state index contributed by atoms with van der Waals surface area (Å²) in [5.41, 5.74) is 4.56. The van der Waals surface area contributed by atoms with E-state index in [1.54, 1.807) is 18.3 Å². The molecule has 2 aliphatic rings. The first-order valence-corrected chi connectivity index (χ1v) is 11.6. The van der Waals surface area contributed by atoms with Gasteiger partial charge in [-0.1, -0.05) is 37.5 Å². The molecule has 2 amide bonds. The summed E-state index contributed by atoms with van der Waals surface area (Å²) in [5, 5.41) is 9.20. The molecule has 2 heterocycles. The van der Waals surface area contributed by atoms with E-state index < -0.39 is 0 Å². The number of para-hydroxylation sites is 1. The topological polar surface area (TPSA) is 96.0 Å². The molecule has 168 valence electrons. The molecule has 0 radical (unpaired) electrons. The van der Waals surface area contributed by atoms with Gasteiger partial charge in [-0.25, -0.2) is 9.97 Å². The van der Waals surface area contributed by atoms with E-state index >= 15 is 0 Å². The Morgan fingerprint density at radius 2 is 1.82 bits per heavy atom. The van der Waals surface area contributed by atoms with Crippen LogP contribution in [-0.2, 0) is 11.2 Å². The quantitative estimate of drug-likeness (QED) is 0.534. The normalized spacial score (nSPS) is 15.6. The predicted molar refractivity (Wildman–Crippen MR) is 128 cm³/mol. The van der Waals surface area contributed by atoms with Gasteiger partial charge in [0.2, 0.25) is 11.9 Å². The molecule has 1 aromatic heterocycles. The Morgan fingerprint density at radius 3 is 2.64 bits per heavy atom. The zero-order chi connectivity index (χ0) is 22.6. The molecule has 5 rings (SSSR count). The zero-order valence-corrected chi connectivity index (χ0v) is 18.4. The number of anilines is 3. The third kappa shape index (κ3) is 4.87. The van der Waals surface area contributed by atoms with Crippen LogP contribution in [0.2, 0.25) is 0 Å². The van der Waals surface area contributed by atoms with E-state index in [-0.39, 0.29) is 18.2 Å². The van der Waals surface area contributed by atoms with Crippen LogP contribution in [0.25, 0.3) is 11.3 Å². The molecular weight excluding hydrogens is 414 g/mol. The van der Waals surface area contributed by atoms with E-state index in [0.29, 0.717) is 17.4 Å². The van der Waals surface area contributed by atoms with Crippen molar-refractivity contribution in [2.45, 2.75) is 38.5 Å². The number of carbonyl (C=O) groups is 2. The molecule has 0 unspecified atom stereocenters. The summed E-state index contributed by atoms with van der Waals surface area (Å²) in [7, 11) is 0. The number of hydrogen-bond donors (Lipinski definition) is 3. The van der Waals surface area contributed by atoms with Crippen LogP contribution < -0.4 is 16.0 Å². The van der Waals surface area contributed by atoms with Crippen LogP contribution in [0, 0.1) is 5.92 Å². The molecule has 0 atom stereocenters. The van der Waals surface area contributed by atoms with Gasteiger partial charge in [0.05, 0.1) is 17.8 Å². The highest BCUT2D eigenvalue weighted by atomic mass is 16.2. The van der Waals surface area contributed by atoms with Crippen LogP contribution in [0.4, 0.5) is 17.3 Å². The van der Waals surface area contributed by atoms with Gasteiger partial charge in [-0.05, 0) is 49.1 Å². The summed E-state index contributed by atoms with van der Waals surface area (Å²) in [4.78, 5) is 33.8. The average molecular weight is 442 g/mol. The van der Waals surface area contributed by atoms with Gasteiger partial charge in [0, 0.05) is 35.1 Å². The largest absolute Gasteiger partial charge is 0.352 e. The van der Waals surface area contributed by atoms with Gasteiger partial charge >= 0.3 is 0 Å². The fraction of sp³-hybridized carbons (Fsp3) is 0.308. The van der Waals surface area contributed by atoms with Crippen molar-refractivity contribution in [3.8, 4) is 11.3 Å². The number of amides is 2. The van der Waals surface area contributed by atoms with Crippen molar-refractivity contribution in [3.63, 3.8) is 0 Å². The summed E-state index contributed by atoms with van der Waals surface area (Å²) in [6, 6.07) is 14.9. The molecule has 2 aromatic carbocycles. The molecule has 3 aromatic rings. The SMILES string of the molecule is O=C1Cc2cnc(Nc3ccc(C(=O)NCC4CCCCC4)cc3)nc2-c2ccccc2N1. The van der Waals surface area contributed by atoms with Gasteiger partial charge in [0.1, 0.15) is 0 Å². The van der Waals surface area contributed by atoms with Crippen molar-refractivity contribution in [1.29, 1.82) is 0 Å². The van der Waals surface area contributed by atoms with Crippen LogP contribution in [-0.4, -0.2) is 28.3 Å². The van der Waals surface area contributed by atoms with E-state index in [4.69, 9.17) is 0 Å². The summed E-state index contributed by atoms with van der Waals surface area (Å²) in [6.07, 6.45) is 8.19. The number of rotatable bonds is 5. The first kappa shape index (κ1) is 21.1. The lowest BCUT2D eigenvalue weighted by Crippen LogP contribution is -2.30. The fourth-order valence-corrected chi connectivity index (χ4v) is 4.56. The standard InChI is InChI=1S/C26H27N5O2/c32-23-14-19-16-28-26(31-24(19)21-8-4-5-9-22(21)30-23)29-20-12-10-18(11-13-20)25(33)27-15-17-6-2-1-3-7-17/h4-5,8-13,16-17H,1-3,6-7,14-15H2,(H,27,33)(H,30,32)(H,28,29,31). The summed E-state index contributed by atoms with van der Waals surface area (Å²) in [5.74, 6) is 0.919. The Hall–Kier alpha value is -3.74. The number of fused-ring (bicyclic) bond motifs is 3. The van der Waals surface area contributed by atoms with Crippen LogP contribution >= 0.6 is 0 Å². The molecule has 0 saturated heterocycles. The second kappa shape index (κ2) is 9.40. The average Bonchev–Trinajstić information content (AvgIpc) is 2.99. The molecule has 0 spiro atoms. The Bertz CT molecular complexity index is 1170. The first-order valence-electron chi connectivity index (χ1n) is 11.6. The third-order valence-electron chi connectivity index (χ3n) is 6.35. The summed E-state index contributed by atoms with van der Waals surface area (Å²) >= 11 is 0. The minimum atomic E-state index is -0.0807. The number of hydrogen-bond acceptors (Lipinski definition) is 5. The minimum absolute atomic E-state index is 0.0396. The molecule has 3 N–H and O–H groups in total. The lowest BCUT2D eigenvalue weighted by atomic mass is 9.89. The molecule has 33 heavy (non-hydrogen) atoms. The number of carbonyl (C=O) groups excluding carboxylic acids is 2. The number of aromatic nitrogens is 2. The molecule has 1 aliphatic carbocycles. The monoisotopic (exact) mass is 441 g/mol. The number of nitrogens with one attached hydrogen (secondary N) is 3. The van der Waals surface area contributed by atoms with E-state index in [0.717, 1.165) is 34.7 Å². The Balaban J connectivity index is 1.28. The maximum absolute atomic E-state index is 12.5. The van der Waals surface area contributed by atoms with Crippen molar-refractivity contribution in [1.82, 2.24) is 15.3 Å². The predicted octanol–water partition coefficient (Wildman–Crippen LogP) is 4.69. The fourth-order valence-electron chi connectivity index (χ4n) is 4.56. The van der Waals surface area contributed by atoms with E-state index in [9.17, 15) is 9.59 Å². The van der Waals surface area contributed by atoms with Crippen LogP contribution in [0.5, 0.6) is 0 Å². The number of benzene rings is 2. The van der Waals surface area contributed by atoms with Crippen molar-refractivity contribution >= 4 is 29.1 Å². The molecule has 7 nitrogen and oxygen atoms in total.